The predicted molar refractivity (Wildman–Crippen MR) is 76.2 cm³/mol. The van der Waals surface area contributed by atoms with Crippen molar-refractivity contribution in [2.45, 2.75) is 52.5 Å². The third-order valence-corrected chi connectivity index (χ3v) is 3.70. The molecule has 1 atom stereocenters. The summed E-state index contributed by atoms with van der Waals surface area (Å²) < 4.78 is 0. The number of piperidine rings is 1. The van der Waals surface area contributed by atoms with Crippen molar-refractivity contribution in [3.63, 3.8) is 0 Å². The number of anilines is 2. The molecule has 1 fully saturated rings. The molecular formula is C14H24N4. The monoisotopic (exact) mass is 248 g/mol. The lowest BCUT2D eigenvalue weighted by Crippen LogP contribution is -2.38. The highest BCUT2D eigenvalue weighted by Gasteiger charge is 2.23. The molecule has 2 heterocycles. The first-order chi connectivity index (χ1) is 8.77. The van der Waals surface area contributed by atoms with Crippen molar-refractivity contribution in [1.29, 1.82) is 0 Å². The second-order valence-electron chi connectivity index (χ2n) is 4.95. The van der Waals surface area contributed by atoms with Crippen LogP contribution in [0.2, 0.25) is 0 Å². The van der Waals surface area contributed by atoms with E-state index in [9.17, 15) is 0 Å². The van der Waals surface area contributed by atoms with Crippen LogP contribution in [0.15, 0.2) is 6.33 Å². The Kier molecular flexibility index (Phi) is 4.39. The minimum absolute atomic E-state index is 0.591. The van der Waals surface area contributed by atoms with E-state index in [1.165, 1.54) is 24.8 Å². The lowest BCUT2D eigenvalue weighted by atomic mass is 10.0. The molecule has 0 spiro atoms. The number of aromatic nitrogens is 2. The van der Waals surface area contributed by atoms with Crippen LogP contribution >= 0.6 is 0 Å². The fourth-order valence-corrected chi connectivity index (χ4v) is 2.71. The van der Waals surface area contributed by atoms with Crippen molar-refractivity contribution in [2.75, 3.05) is 23.3 Å². The van der Waals surface area contributed by atoms with Crippen molar-refractivity contribution in [3.8, 4) is 0 Å². The van der Waals surface area contributed by atoms with Crippen molar-refractivity contribution >= 4 is 11.6 Å². The molecule has 2 rings (SSSR count). The maximum atomic E-state index is 4.54. The van der Waals surface area contributed by atoms with Gasteiger partial charge >= 0.3 is 0 Å². The van der Waals surface area contributed by atoms with Gasteiger partial charge in [-0.15, -0.1) is 0 Å². The van der Waals surface area contributed by atoms with Crippen molar-refractivity contribution in [2.24, 2.45) is 0 Å². The van der Waals surface area contributed by atoms with Crippen molar-refractivity contribution in [3.05, 3.63) is 11.9 Å². The van der Waals surface area contributed by atoms with Crippen LogP contribution in [0.25, 0.3) is 0 Å². The second kappa shape index (κ2) is 6.03. The lowest BCUT2D eigenvalue weighted by molar-refractivity contribution is 0.480. The Balaban J connectivity index is 2.33. The summed E-state index contributed by atoms with van der Waals surface area (Å²) in [5, 5.41) is 3.34. The summed E-state index contributed by atoms with van der Waals surface area (Å²) in [6.45, 7) is 8.60. The minimum atomic E-state index is 0.591. The molecular weight excluding hydrogens is 224 g/mol. The van der Waals surface area contributed by atoms with Gasteiger partial charge in [-0.25, -0.2) is 9.97 Å². The van der Waals surface area contributed by atoms with E-state index in [1.54, 1.807) is 6.33 Å². The summed E-state index contributed by atoms with van der Waals surface area (Å²) in [6.07, 6.45) is 6.54. The minimum Gasteiger partial charge on any atom is -0.370 e. The number of nitrogens with one attached hydrogen (secondary N) is 1. The first-order valence-electron chi connectivity index (χ1n) is 7.12. The third kappa shape index (κ3) is 2.57. The Labute approximate surface area is 110 Å². The van der Waals surface area contributed by atoms with Crippen LogP contribution in [-0.4, -0.2) is 29.1 Å². The zero-order valence-corrected chi connectivity index (χ0v) is 11.7. The summed E-state index contributed by atoms with van der Waals surface area (Å²) >= 11 is 0. The molecule has 1 unspecified atom stereocenters. The Hall–Kier alpha value is -1.32. The zero-order chi connectivity index (χ0) is 13.0. The second-order valence-corrected chi connectivity index (χ2v) is 4.95. The maximum Gasteiger partial charge on any atom is 0.137 e. The molecule has 1 saturated heterocycles. The van der Waals surface area contributed by atoms with Gasteiger partial charge in [0, 0.05) is 24.7 Å². The van der Waals surface area contributed by atoms with Gasteiger partial charge in [0.2, 0.25) is 0 Å². The van der Waals surface area contributed by atoms with Crippen LogP contribution in [-0.2, 0) is 6.42 Å². The maximum absolute atomic E-state index is 4.54. The Bertz CT molecular complexity index is 391. The van der Waals surface area contributed by atoms with Crippen LogP contribution in [0.3, 0.4) is 0 Å². The standard InChI is InChI=1S/C14H24N4/c1-4-12-13(15-5-2)16-10-17-14(12)18-9-7-6-8-11(18)3/h10-11H,4-9H2,1-3H3,(H,15,16,17). The highest BCUT2D eigenvalue weighted by Crippen LogP contribution is 2.29. The number of nitrogens with zero attached hydrogens (tertiary/aromatic N) is 3. The van der Waals surface area contributed by atoms with E-state index in [0.29, 0.717) is 6.04 Å². The van der Waals surface area contributed by atoms with E-state index in [4.69, 9.17) is 0 Å². The molecule has 0 amide bonds. The molecule has 100 valence electrons. The predicted octanol–water partition coefficient (Wildman–Crippen LogP) is 2.85. The molecule has 4 nitrogen and oxygen atoms in total. The molecule has 1 aliphatic heterocycles. The number of hydrogen-bond acceptors (Lipinski definition) is 4. The molecule has 0 radical (unpaired) electrons. The normalized spacial score (nSPS) is 19.9. The molecule has 0 aliphatic carbocycles. The fourth-order valence-electron chi connectivity index (χ4n) is 2.71. The van der Waals surface area contributed by atoms with Crippen LogP contribution in [0.5, 0.6) is 0 Å². The molecule has 0 aromatic carbocycles. The fraction of sp³-hybridized carbons (Fsp3) is 0.714. The summed E-state index contributed by atoms with van der Waals surface area (Å²) in [5.41, 5.74) is 1.26. The third-order valence-electron chi connectivity index (χ3n) is 3.70. The Morgan fingerprint density at radius 1 is 1.33 bits per heavy atom. The van der Waals surface area contributed by atoms with E-state index in [1.807, 2.05) is 0 Å². The van der Waals surface area contributed by atoms with E-state index in [2.05, 4.69) is 41.0 Å². The van der Waals surface area contributed by atoms with Crippen LogP contribution < -0.4 is 10.2 Å². The van der Waals surface area contributed by atoms with E-state index in [0.717, 1.165) is 31.1 Å². The van der Waals surface area contributed by atoms with Gasteiger partial charge in [0.15, 0.2) is 0 Å². The first kappa shape index (κ1) is 13.1. The summed E-state index contributed by atoms with van der Waals surface area (Å²) in [4.78, 5) is 11.4. The molecule has 4 heteroatoms. The van der Waals surface area contributed by atoms with E-state index >= 15 is 0 Å². The molecule has 1 aliphatic rings. The van der Waals surface area contributed by atoms with Crippen LogP contribution in [0.4, 0.5) is 11.6 Å². The van der Waals surface area contributed by atoms with E-state index in [-0.39, 0.29) is 0 Å². The SMILES string of the molecule is CCNc1ncnc(N2CCCCC2C)c1CC. The summed E-state index contributed by atoms with van der Waals surface area (Å²) in [6, 6.07) is 0.591. The highest BCUT2D eigenvalue weighted by molar-refractivity contribution is 5.59. The molecule has 0 bridgehead atoms. The topological polar surface area (TPSA) is 41.1 Å². The first-order valence-corrected chi connectivity index (χ1v) is 7.12. The van der Waals surface area contributed by atoms with Crippen LogP contribution in [0, 0.1) is 0 Å². The smallest absolute Gasteiger partial charge is 0.137 e. The van der Waals surface area contributed by atoms with Crippen LogP contribution in [0.1, 0.15) is 45.6 Å². The van der Waals surface area contributed by atoms with Gasteiger partial charge in [-0.2, -0.15) is 0 Å². The van der Waals surface area contributed by atoms with Gasteiger partial charge in [-0.3, -0.25) is 0 Å². The van der Waals surface area contributed by atoms with Gasteiger partial charge in [-0.1, -0.05) is 6.92 Å². The van der Waals surface area contributed by atoms with Gasteiger partial charge < -0.3 is 10.2 Å². The van der Waals surface area contributed by atoms with Gasteiger partial charge in [0.25, 0.3) is 0 Å². The van der Waals surface area contributed by atoms with Gasteiger partial charge in [0.1, 0.15) is 18.0 Å². The highest BCUT2D eigenvalue weighted by atomic mass is 15.2. The number of rotatable bonds is 4. The van der Waals surface area contributed by atoms with Crippen molar-refractivity contribution < 1.29 is 0 Å². The average molecular weight is 248 g/mol. The van der Waals surface area contributed by atoms with Gasteiger partial charge in [-0.05, 0) is 39.5 Å². The largest absolute Gasteiger partial charge is 0.370 e. The summed E-state index contributed by atoms with van der Waals surface area (Å²) in [7, 11) is 0. The Morgan fingerprint density at radius 2 is 2.17 bits per heavy atom. The van der Waals surface area contributed by atoms with Crippen molar-refractivity contribution in [1.82, 2.24) is 9.97 Å². The van der Waals surface area contributed by atoms with E-state index < -0.39 is 0 Å². The molecule has 1 N–H and O–H groups in total. The molecule has 1 aromatic rings. The lowest BCUT2D eigenvalue weighted by Gasteiger charge is -2.35. The average Bonchev–Trinajstić information content (AvgIpc) is 2.39. The quantitative estimate of drug-likeness (QED) is 0.889. The summed E-state index contributed by atoms with van der Waals surface area (Å²) in [5.74, 6) is 2.14. The Morgan fingerprint density at radius 3 is 2.83 bits per heavy atom. The van der Waals surface area contributed by atoms with Gasteiger partial charge in [0.05, 0.1) is 0 Å². The zero-order valence-electron chi connectivity index (χ0n) is 11.7. The molecule has 18 heavy (non-hydrogen) atoms. The molecule has 1 aromatic heterocycles. The number of hydrogen-bond donors (Lipinski definition) is 1. The molecule has 0 saturated carbocycles.